The molecule has 0 aromatic carbocycles. The molecule has 0 aromatic heterocycles. The van der Waals surface area contributed by atoms with Gasteiger partial charge in [0.2, 0.25) is 0 Å². The molecular weight excluding hydrogens is 192 g/mol. The third kappa shape index (κ3) is 8.68. The number of hydrogen-bond donors (Lipinski definition) is 0. The molecule has 15 heavy (non-hydrogen) atoms. The average Bonchev–Trinajstić information content (AvgIpc) is 2.18. The van der Waals surface area contributed by atoms with Crippen LogP contribution in [-0.2, 0) is 14.2 Å². The van der Waals surface area contributed by atoms with E-state index >= 15 is 0 Å². The van der Waals surface area contributed by atoms with Crippen molar-refractivity contribution < 1.29 is 14.2 Å². The zero-order valence-corrected chi connectivity index (χ0v) is 9.04. The van der Waals surface area contributed by atoms with Crippen molar-refractivity contribution in [2.24, 2.45) is 0 Å². The lowest BCUT2D eigenvalue weighted by Gasteiger charge is -2.07. The molecule has 0 radical (unpaired) electrons. The number of hydrogen-bond acceptors (Lipinski definition) is 3. The van der Waals surface area contributed by atoms with Crippen molar-refractivity contribution in [2.75, 3.05) is 6.61 Å². The Kier molecular flexibility index (Phi) is 7.96. The zero-order chi connectivity index (χ0) is 11.5. The molecule has 0 rings (SSSR count). The maximum atomic E-state index is 5.15. The summed E-state index contributed by atoms with van der Waals surface area (Å²) in [6.07, 6.45) is 5.28. The molecule has 0 fully saturated rings. The van der Waals surface area contributed by atoms with E-state index in [1.165, 1.54) is 12.5 Å². The van der Waals surface area contributed by atoms with E-state index in [0.717, 1.165) is 19.3 Å². The molecule has 0 aliphatic heterocycles. The lowest BCUT2D eigenvalue weighted by Crippen LogP contribution is -1.95. The van der Waals surface area contributed by atoms with Gasteiger partial charge in [0.1, 0.15) is 0 Å². The number of allylic oxidation sites excluding steroid dienone is 1. The predicted octanol–water partition coefficient (Wildman–Crippen LogP) is 3.48. The predicted molar refractivity (Wildman–Crippen MR) is 60.6 cm³/mol. The second kappa shape index (κ2) is 8.94. The zero-order valence-electron chi connectivity index (χ0n) is 9.04. The molecule has 0 atom stereocenters. The first-order valence-electron chi connectivity index (χ1n) is 4.75. The van der Waals surface area contributed by atoms with Crippen molar-refractivity contribution in [3.63, 3.8) is 0 Å². The molecule has 0 heterocycles. The van der Waals surface area contributed by atoms with Gasteiger partial charge in [0.05, 0.1) is 24.9 Å². The fourth-order valence-corrected chi connectivity index (χ4v) is 0.914. The number of unbranched alkanes of at least 4 members (excludes halogenated alkanes) is 1. The fraction of sp³-hybridized carbons (Fsp3) is 0.333. The highest BCUT2D eigenvalue weighted by molar-refractivity contribution is 4.84. The van der Waals surface area contributed by atoms with Crippen LogP contribution in [0.25, 0.3) is 0 Å². The van der Waals surface area contributed by atoms with Crippen molar-refractivity contribution in [1.29, 1.82) is 0 Å². The van der Waals surface area contributed by atoms with Crippen molar-refractivity contribution in [3.05, 3.63) is 50.5 Å². The van der Waals surface area contributed by atoms with Crippen molar-refractivity contribution in [1.82, 2.24) is 0 Å². The molecule has 0 saturated heterocycles. The molecule has 0 aliphatic carbocycles. The van der Waals surface area contributed by atoms with Gasteiger partial charge in [-0.05, 0) is 19.4 Å². The van der Waals surface area contributed by atoms with Gasteiger partial charge in [0.25, 0.3) is 5.95 Å². The van der Waals surface area contributed by atoms with Crippen LogP contribution in [0.15, 0.2) is 50.5 Å². The van der Waals surface area contributed by atoms with Crippen molar-refractivity contribution in [3.8, 4) is 0 Å². The molecule has 3 heteroatoms. The number of rotatable bonds is 10. The Labute approximate surface area is 91.3 Å². The topological polar surface area (TPSA) is 27.7 Å². The van der Waals surface area contributed by atoms with E-state index in [2.05, 4.69) is 26.3 Å². The van der Waals surface area contributed by atoms with Gasteiger partial charge in [-0.2, -0.15) is 0 Å². The second-order valence-electron chi connectivity index (χ2n) is 2.79. The Balaban J connectivity index is 3.31. The summed E-state index contributed by atoms with van der Waals surface area (Å²) in [6, 6.07) is 0. The molecule has 0 saturated carbocycles. The van der Waals surface area contributed by atoms with Crippen LogP contribution in [0.1, 0.15) is 19.3 Å². The molecule has 0 unspecified atom stereocenters. The molecular formula is C12H18O3. The molecule has 0 aliphatic rings. The lowest BCUT2D eigenvalue weighted by atomic mass is 10.2. The van der Waals surface area contributed by atoms with Crippen LogP contribution in [0.2, 0.25) is 0 Å². The van der Waals surface area contributed by atoms with E-state index in [-0.39, 0.29) is 5.95 Å². The molecule has 0 amide bonds. The highest BCUT2D eigenvalue weighted by Crippen LogP contribution is 2.07. The standard InChI is InChI=1S/C12H18O3/c1-5-13-11(3)9-7-8-10-15-12(4)14-6-2/h5-6H,1-4,7-10H2. The molecule has 0 spiro atoms. The summed E-state index contributed by atoms with van der Waals surface area (Å²) in [4.78, 5) is 0. The van der Waals surface area contributed by atoms with Crippen LogP contribution in [-0.4, -0.2) is 6.61 Å². The first-order valence-corrected chi connectivity index (χ1v) is 4.75. The Hall–Kier alpha value is -1.64. The summed E-state index contributed by atoms with van der Waals surface area (Å²) < 4.78 is 14.9. The average molecular weight is 210 g/mol. The molecule has 0 bridgehead atoms. The van der Waals surface area contributed by atoms with E-state index in [1.807, 2.05) is 0 Å². The largest absolute Gasteiger partial charge is 0.471 e. The maximum absolute atomic E-state index is 5.15. The van der Waals surface area contributed by atoms with Gasteiger partial charge in [-0.15, -0.1) is 0 Å². The first kappa shape index (κ1) is 13.4. The monoisotopic (exact) mass is 210 g/mol. The Morgan fingerprint density at radius 1 is 1.00 bits per heavy atom. The smallest absolute Gasteiger partial charge is 0.276 e. The normalized spacial score (nSPS) is 8.80. The summed E-state index contributed by atoms with van der Waals surface area (Å²) in [5.41, 5.74) is 0. The van der Waals surface area contributed by atoms with Crippen LogP contribution in [0.5, 0.6) is 0 Å². The van der Waals surface area contributed by atoms with E-state index in [0.29, 0.717) is 12.4 Å². The lowest BCUT2D eigenvalue weighted by molar-refractivity contribution is 0.0816. The van der Waals surface area contributed by atoms with E-state index < -0.39 is 0 Å². The minimum absolute atomic E-state index is 0.270. The van der Waals surface area contributed by atoms with Gasteiger partial charge in [-0.1, -0.05) is 19.7 Å². The molecule has 0 N–H and O–H groups in total. The number of ether oxygens (including phenoxy) is 3. The van der Waals surface area contributed by atoms with Gasteiger partial charge in [-0.3, -0.25) is 0 Å². The summed E-state index contributed by atoms with van der Waals surface area (Å²) in [5, 5.41) is 0. The van der Waals surface area contributed by atoms with Gasteiger partial charge < -0.3 is 14.2 Å². The second-order valence-corrected chi connectivity index (χ2v) is 2.79. The highest BCUT2D eigenvalue weighted by Gasteiger charge is 1.96. The van der Waals surface area contributed by atoms with Crippen LogP contribution >= 0.6 is 0 Å². The van der Waals surface area contributed by atoms with Gasteiger partial charge in [0.15, 0.2) is 0 Å². The highest BCUT2D eigenvalue weighted by atomic mass is 16.7. The summed E-state index contributed by atoms with van der Waals surface area (Å²) in [7, 11) is 0. The minimum Gasteiger partial charge on any atom is -0.471 e. The summed E-state index contributed by atoms with van der Waals surface area (Å²) in [5.74, 6) is 0.984. The van der Waals surface area contributed by atoms with E-state index in [1.54, 1.807) is 0 Å². The van der Waals surface area contributed by atoms with Crippen LogP contribution in [0.3, 0.4) is 0 Å². The summed E-state index contributed by atoms with van der Waals surface area (Å²) >= 11 is 0. The van der Waals surface area contributed by atoms with Crippen LogP contribution in [0, 0.1) is 0 Å². The minimum atomic E-state index is 0.270. The molecule has 84 valence electrons. The first-order chi connectivity index (χ1) is 7.20. The third-order valence-electron chi connectivity index (χ3n) is 1.58. The third-order valence-corrected chi connectivity index (χ3v) is 1.58. The molecule has 0 aromatic rings. The Morgan fingerprint density at radius 3 is 2.27 bits per heavy atom. The van der Waals surface area contributed by atoms with Crippen molar-refractivity contribution >= 4 is 0 Å². The van der Waals surface area contributed by atoms with E-state index in [4.69, 9.17) is 14.2 Å². The van der Waals surface area contributed by atoms with Gasteiger partial charge in [0, 0.05) is 6.42 Å². The molecule has 3 nitrogen and oxygen atoms in total. The quantitative estimate of drug-likeness (QED) is 0.408. The van der Waals surface area contributed by atoms with Crippen LogP contribution < -0.4 is 0 Å². The summed E-state index contributed by atoms with van der Waals surface area (Å²) in [6.45, 7) is 14.6. The Morgan fingerprint density at radius 2 is 1.67 bits per heavy atom. The van der Waals surface area contributed by atoms with E-state index in [9.17, 15) is 0 Å². The van der Waals surface area contributed by atoms with Crippen LogP contribution in [0.4, 0.5) is 0 Å². The van der Waals surface area contributed by atoms with Gasteiger partial charge >= 0.3 is 0 Å². The van der Waals surface area contributed by atoms with Crippen molar-refractivity contribution in [2.45, 2.75) is 19.3 Å². The Bertz CT molecular complexity index is 207. The SMILES string of the molecule is C=COC(=C)CCCCOC(=C)OC=C. The van der Waals surface area contributed by atoms with Gasteiger partial charge in [-0.25, -0.2) is 0 Å². The fourth-order valence-electron chi connectivity index (χ4n) is 0.914. The maximum Gasteiger partial charge on any atom is 0.276 e.